The van der Waals surface area contributed by atoms with Crippen molar-refractivity contribution in [1.82, 2.24) is 15.3 Å². The Bertz CT molecular complexity index is 448. The standard InChI is InChI=1S/C16H26N4/c1-12(2)16-18-11-15(20-8-4-3-5-9-20)14(19-16)10-17-13-6-7-13/h11-13,17H,3-10H2,1-2H3. The van der Waals surface area contributed by atoms with Crippen LogP contribution in [0.1, 0.15) is 63.4 Å². The van der Waals surface area contributed by atoms with Gasteiger partial charge in [-0.05, 0) is 32.1 Å². The minimum absolute atomic E-state index is 0.394. The van der Waals surface area contributed by atoms with Crippen LogP contribution in [0.2, 0.25) is 0 Å². The molecule has 1 aliphatic carbocycles. The summed E-state index contributed by atoms with van der Waals surface area (Å²) in [6.07, 6.45) is 8.64. The fraction of sp³-hybridized carbons (Fsp3) is 0.750. The fourth-order valence-corrected chi connectivity index (χ4v) is 2.76. The molecule has 110 valence electrons. The molecule has 1 aliphatic heterocycles. The number of hydrogen-bond donors (Lipinski definition) is 1. The van der Waals surface area contributed by atoms with Crippen molar-refractivity contribution >= 4 is 5.69 Å². The molecule has 1 saturated heterocycles. The molecule has 0 bridgehead atoms. The van der Waals surface area contributed by atoms with Gasteiger partial charge in [-0.25, -0.2) is 9.97 Å². The van der Waals surface area contributed by atoms with Crippen LogP contribution < -0.4 is 10.2 Å². The van der Waals surface area contributed by atoms with Crippen molar-refractivity contribution in [2.24, 2.45) is 0 Å². The van der Waals surface area contributed by atoms with Gasteiger partial charge in [-0.2, -0.15) is 0 Å². The van der Waals surface area contributed by atoms with E-state index in [1.807, 2.05) is 0 Å². The zero-order valence-electron chi connectivity index (χ0n) is 12.7. The maximum Gasteiger partial charge on any atom is 0.131 e. The predicted octanol–water partition coefficient (Wildman–Crippen LogP) is 2.84. The zero-order valence-corrected chi connectivity index (χ0v) is 12.7. The smallest absolute Gasteiger partial charge is 0.131 e. The van der Waals surface area contributed by atoms with Gasteiger partial charge in [-0.3, -0.25) is 0 Å². The highest BCUT2D eigenvalue weighted by molar-refractivity contribution is 5.49. The molecule has 0 amide bonds. The second-order valence-corrected chi connectivity index (χ2v) is 6.42. The van der Waals surface area contributed by atoms with E-state index in [1.54, 1.807) is 0 Å². The fourth-order valence-electron chi connectivity index (χ4n) is 2.76. The predicted molar refractivity (Wildman–Crippen MR) is 82.0 cm³/mol. The first-order valence-corrected chi connectivity index (χ1v) is 8.08. The van der Waals surface area contributed by atoms with Crippen LogP contribution in [-0.2, 0) is 6.54 Å². The van der Waals surface area contributed by atoms with Crippen LogP contribution >= 0.6 is 0 Å². The van der Waals surface area contributed by atoms with Gasteiger partial charge in [0.25, 0.3) is 0 Å². The quantitative estimate of drug-likeness (QED) is 0.896. The second kappa shape index (κ2) is 6.08. The van der Waals surface area contributed by atoms with Crippen LogP contribution in [0.5, 0.6) is 0 Å². The third-order valence-electron chi connectivity index (χ3n) is 4.21. The van der Waals surface area contributed by atoms with Crippen molar-refractivity contribution in [3.8, 4) is 0 Å². The Hall–Kier alpha value is -1.16. The van der Waals surface area contributed by atoms with Crippen LogP contribution in [-0.4, -0.2) is 29.1 Å². The van der Waals surface area contributed by atoms with E-state index in [0.29, 0.717) is 5.92 Å². The molecular formula is C16H26N4. The molecule has 1 aromatic rings. The van der Waals surface area contributed by atoms with E-state index in [2.05, 4.69) is 35.2 Å². The average Bonchev–Trinajstić information content (AvgIpc) is 3.30. The first-order valence-electron chi connectivity index (χ1n) is 8.08. The molecule has 2 aliphatic rings. The Morgan fingerprint density at radius 2 is 2.00 bits per heavy atom. The molecule has 4 heteroatoms. The highest BCUT2D eigenvalue weighted by atomic mass is 15.2. The average molecular weight is 274 g/mol. The Morgan fingerprint density at radius 3 is 2.65 bits per heavy atom. The Balaban J connectivity index is 1.81. The molecular weight excluding hydrogens is 248 g/mol. The van der Waals surface area contributed by atoms with Crippen molar-refractivity contribution < 1.29 is 0 Å². The number of anilines is 1. The summed E-state index contributed by atoms with van der Waals surface area (Å²) in [7, 11) is 0. The van der Waals surface area contributed by atoms with Crippen LogP contribution in [0, 0.1) is 0 Å². The Labute approximate surface area is 122 Å². The van der Waals surface area contributed by atoms with E-state index in [1.165, 1.54) is 43.5 Å². The van der Waals surface area contributed by atoms with Gasteiger partial charge in [-0.15, -0.1) is 0 Å². The minimum Gasteiger partial charge on any atom is -0.369 e. The molecule has 1 aromatic heterocycles. The molecule has 0 aromatic carbocycles. The topological polar surface area (TPSA) is 41.1 Å². The first kappa shape index (κ1) is 13.8. The van der Waals surface area contributed by atoms with E-state index in [9.17, 15) is 0 Å². The van der Waals surface area contributed by atoms with Crippen molar-refractivity contribution in [2.75, 3.05) is 18.0 Å². The summed E-state index contributed by atoms with van der Waals surface area (Å²) >= 11 is 0. The molecule has 1 N–H and O–H groups in total. The normalized spacial score (nSPS) is 19.6. The molecule has 3 rings (SSSR count). The summed E-state index contributed by atoms with van der Waals surface area (Å²) in [6.45, 7) is 7.52. The molecule has 4 nitrogen and oxygen atoms in total. The maximum absolute atomic E-state index is 4.83. The third kappa shape index (κ3) is 3.29. The summed E-state index contributed by atoms with van der Waals surface area (Å²) in [6, 6.07) is 0.724. The van der Waals surface area contributed by atoms with Crippen LogP contribution in [0.15, 0.2) is 6.20 Å². The van der Waals surface area contributed by atoms with Gasteiger partial charge < -0.3 is 10.2 Å². The summed E-state index contributed by atoms with van der Waals surface area (Å²) in [5, 5.41) is 3.60. The summed E-state index contributed by atoms with van der Waals surface area (Å²) < 4.78 is 0. The lowest BCUT2D eigenvalue weighted by Crippen LogP contribution is -2.32. The van der Waals surface area contributed by atoms with Gasteiger partial charge in [-0.1, -0.05) is 13.8 Å². The van der Waals surface area contributed by atoms with Crippen molar-refractivity contribution in [1.29, 1.82) is 0 Å². The Kier molecular flexibility index (Phi) is 4.20. The van der Waals surface area contributed by atoms with Gasteiger partial charge in [0.2, 0.25) is 0 Å². The molecule has 0 spiro atoms. The lowest BCUT2D eigenvalue weighted by atomic mass is 10.1. The monoisotopic (exact) mass is 274 g/mol. The molecule has 0 unspecified atom stereocenters. The molecule has 2 fully saturated rings. The highest BCUT2D eigenvalue weighted by Gasteiger charge is 2.22. The minimum atomic E-state index is 0.394. The van der Waals surface area contributed by atoms with Crippen molar-refractivity contribution in [3.05, 3.63) is 17.7 Å². The van der Waals surface area contributed by atoms with Crippen LogP contribution in [0.4, 0.5) is 5.69 Å². The SMILES string of the molecule is CC(C)c1ncc(N2CCCCC2)c(CNC2CC2)n1. The molecule has 1 saturated carbocycles. The maximum atomic E-state index is 4.83. The molecule has 0 atom stereocenters. The van der Waals surface area contributed by atoms with Gasteiger partial charge >= 0.3 is 0 Å². The van der Waals surface area contributed by atoms with E-state index >= 15 is 0 Å². The molecule has 2 heterocycles. The zero-order chi connectivity index (χ0) is 13.9. The molecule has 20 heavy (non-hydrogen) atoms. The third-order valence-corrected chi connectivity index (χ3v) is 4.21. The van der Waals surface area contributed by atoms with Crippen molar-refractivity contribution in [3.63, 3.8) is 0 Å². The summed E-state index contributed by atoms with van der Waals surface area (Å²) in [5.41, 5.74) is 2.44. The van der Waals surface area contributed by atoms with Gasteiger partial charge in [0.05, 0.1) is 17.6 Å². The number of rotatable bonds is 5. The van der Waals surface area contributed by atoms with E-state index < -0.39 is 0 Å². The Morgan fingerprint density at radius 1 is 1.25 bits per heavy atom. The number of piperidine rings is 1. The number of hydrogen-bond acceptors (Lipinski definition) is 4. The van der Waals surface area contributed by atoms with Gasteiger partial charge in [0.1, 0.15) is 5.82 Å². The number of nitrogens with zero attached hydrogens (tertiary/aromatic N) is 3. The lowest BCUT2D eigenvalue weighted by Gasteiger charge is -2.30. The highest BCUT2D eigenvalue weighted by Crippen LogP contribution is 2.25. The van der Waals surface area contributed by atoms with E-state index in [4.69, 9.17) is 4.98 Å². The van der Waals surface area contributed by atoms with Crippen LogP contribution in [0.3, 0.4) is 0 Å². The van der Waals surface area contributed by atoms with Crippen molar-refractivity contribution in [2.45, 2.75) is 64.5 Å². The van der Waals surface area contributed by atoms with E-state index in [-0.39, 0.29) is 0 Å². The first-order chi connectivity index (χ1) is 9.74. The summed E-state index contributed by atoms with van der Waals surface area (Å²) in [5.74, 6) is 1.36. The number of aromatic nitrogens is 2. The second-order valence-electron chi connectivity index (χ2n) is 6.42. The largest absolute Gasteiger partial charge is 0.369 e. The number of nitrogens with one attached hydrogen (secondary N) is 1. The van der Waals surface area contributed by atoms with E-state index in [0.717, 1.165) is 31.5 Å². The lowest BCUT2D eigenvalue weighted by molar-refractivity contribution is 0.569. The van der Waals surface area contributed by atoms with Gasteiger partial charge in [0.15, 0.2) is 0 Å². The van der Waals surface area contributed by atoms with Gasteiger partial charge in [0, 0.05) is 31.6 Å². The van der Waals surface area contributed by atoms with Crippen LogP contribution in [0.25, 0.3) is 0 Å². The summed E-state index contributed by atoms with van der Waals surface area (Å²) in [4.78, 5) is 11.9. The molecule has 0 radical (unpaired) electrons.